The van der Waals surface area contributed by atoms with E-state index in [2.05, 4.69) is 30.3 Å². The van der Waals surface area contributed by atoms with Crippen LogP contribution in [0.3, 0.4) is 0 Å². The fourth-order valence-electron chi connectivity index (χ4n) is 2.72. The number of carbonyl (C=O) groups is 1. The number of para-hydroxylation sites is 1. The Morgan fingerprint density at radius 1 is 1.35 bits per heavy atom. The fraction of sp³-hybridized carbons (Fsp3) is 0.389. The van der Waals surface area contributed by atoms with Crippen LogP contribution in [-0.4, -0.2) is 15.7 Å². The summed E-state index contributed by atoms with van der Waals surface area (Å²) in [6.45, 7) is 6.15. The monoisotopic (exact) mass is 310 g/mol. The van der Waals surface area contributed by atoms with Gasteiger partial charge in [0.25, 0.3) is 5.91 Å². The molecule has 0 radical (unpaired) electrons. The van der Waals surface area contributed by atoms with Gasteiger partial charge in [0.05, 0.1) is 30.3 Å². The summed E-state index contributed by atoms with van der Waals surface area (Å²) in [5.74, 6) is -0.190. The van der Waals surface area contributed by atoms with Crippen LogP contribution in [0, 0.1) is 18.3 Å². The number of nitrogens with zero attached hydrogens (tertiary/aromatic N) is 3. The maximum Gasteiger partial charge on any atom is 0.259 e. The molecular formula is C18H22N4O. The number of benzene rings is 1. The van der Waals surface area contributed by atoms with Gasteiger partial charge in [-0.3, -0.25) is 9.48 Å². The Kier molecular flexibility index (Phi) is 5.53. The number of aromatic nitrogens is 2. The molecule has 2 rings (SSSR count). The highest BCUT2D eigenvalue weighted by atomic mass is 16.1. The normalized spacial score (nSPS) is 10.6. The molecule has 0 aliphatic heterocycles. The number of nitrogens with one attached hydrogen (secondary N) is 1. The van der Waals surface area contributed by atoms with Crippen LogP contribution >= 0.6 is 0 Å². The van der Waals surface area contributed by atoms with E-state index in [9.17, 15) is 4.79 Å². The van der Waals surface area contributed by atoms with Crippen LogP contribution < -0.4 is 5.32 Å². The number of hydrogen-bond donors (Lipinski definition) is 1. The van der Waals surface area contributed by atoms with Crippen LogP contribution in [0.25, 0.3) is 0 Å². The summed E-state index contributed by atoms with van der Waals surface area (Å²) in [7, 11) is 0. The molecule has 1 heterocycles. The van der Waals surface area contributed by atoms with Crippen molar-refractivity contribution in [1.29, 1.82) is 5.26 Å². The van der Waals surface area contributed by atoms with Gasteiger partial charge in [0.2, 0.25) is 0 Å². The highest BCUT2D eigenvalue weighted by molar-refractivity contribution is 6.05. The third-order valence-electron chi connectivity index (χ3n) is 4.11. The average Bonchev–Trinajstić information content (AvgIpc) is 2.93. The van der Waals surface area contributed by atoms with Crippen molar-refractivity contribution in [2.24, 2.45) is 0 Å². The molecule has 1 N–H and O–H groups in total. The molecule has 1 aromatic carbocycles. The first-order chi connectivity index (χ1) is 11.1. The standard InChI is InChI=1S/C18H22N4O/c1-4-15(5-2)22-13(3)16(12-20-22)18(23)21-17-9-7-6-8-14(17)10-11-19/h6-9,12,15H,4-5,10H2,1-3H3,(H,21,23). The van der Waals surface area contributed by atoms with E-state index < -0.39 is 0 Å². The SMILES string of the molecule is CCC(CC)n1ncc(C(=O)Nc2ccccc2CC#N)c1C. The predicted molar refractivity (Wildman–Crippen MR) is 90.3 cm³/mol. The second-order valence-electron chi connectivity index (χ2n) is 5.50. The highest BCUT2D eigenvalue weighted by Crippen LogP contribution is 2.21. The number of hydrogen-bond acceptors (Lipinski definition) is 3. The lowest BCUT2D eigenvalue weighted by atomic mass is 10.1. The van der Waals surface area contributed by atoms with Crippen molar-refractivity contribution in [3.8, 4) is 6.07 Å². The third kappa shape index (κ3) is 3.59. The van der Waals surface area contributed by atoms with Crippen molar-refractivity contribution in [1.82, 2.24) is 9.78 Å². The minimum absolute atomic E-state index is 0.190. The quantitative estimate of drug-likeness (QED) is 0.880. The lowest BCUT2D eigenvalue weighted by Gasteiger charge is -2.15. The third-order valence-corrected chi connectivity index (χ3v) is 4.11. The molecule has 120 valence electrons. The summed E-state index contributed by atoms with van der Waals surface area (Å²) in [6.07, 6.45) is 3.84. The largest absolute Gasteiger partial charge is 0.322 e. The van der Waals surface area contributed by atoms with Gasteiger partial charge in [0.15, 0.2) is 0 Å². The van der Waals surface area contributed by atoms with Crippen molar-refractivity contribution in [2.75, 3.05) is 5.32 Å². The number of carbonyl (C=O) groups excluding carboxylic acids is 1. The number of rotatable bonds is 6. The minimum Gasteiger partial charge on any atom is -0.322 e. The van der Waals surface area contributed by atoms with Gasteiger partial charge < -0.3 is 5.32 Å². The van der Waals surface area contributed by atoms with E-state index in [1.807, 2.05) is 35.9 Å². The van der Waals surface area contributed by atoms with Crippen molar-refractivity contribution >= 4 is 11.6 Å². The molecule has 0 spiro atoms. The lowest BCUT2D eigenvalue weighted by molar-refractivity contribution is 0.102. The smallest absolute Gasteiger partial charge is 0.259 e. The minimum atomic E-state index is -0.190. The first-order valence-electron chi connectivity index (χ1n) is 7.92. The molecule has 0 fully saturated rings. The Morgan fingerprint density at radius 3 is 2.70 bits per heavy atom. The molecule has 23 heavy (non-hydrogen) atoms. The van der Waals surface area contributed by atoms with E-state index in [0.29, 0.717) is 17.3 Å². The van der Waals surface area contributed by atoms with Crippen LogP contribution in [0.4, 0.5) is 5.69 Å². The molecule has 1 amide bonds. The summed E-state index contributed by atoms with van der Waals surface area (Å²) in [4.78, 5) is 12.6. The number of nitriles is 1. The summed E-state index contributed by atoms with van der Waals surface area (Å²) in [5.41, 5.74) is 2.93. The van der Waals surface area contributed by atoms with Gasteiger partial charge in [0.1, 0.15) is 0 Å². The molecule has 0 aliphatic rings. The maximum atomic E-state index is 12.6. The fourth-order valence-corrected chi connectivity index (χ4v) is 2.72. The highest BCUT2D eigenvalue weighted by Gasteiger charge is 2.18. The van der Waals surface area contributed by atoms with Crippen LogP contribution in [0.2, 0.25) is 0 Å². The van der Waals surface area contributed by atoms with Gasteiger partial charge in [-0.25, -0.2) is 0 Å². The summed E-state index contributed by atoms with van der Waals surface area (Å²) in [5, 5.41) is 16.2. The van der Waals surface area contributed by atoms with Crippen molar-refractivity contribution in [2.45, 2.75) is 46.1 Å². The molecule has 0 atom stereocenters. The van der Waals surface area contributed by atoms with Crippen LogP contribution in [-0.2, 0) is 6.42 Å². The van der Waals surface area contributed by atoms with Crippen molar-refractivity contribution in [3.63, 3.8) is 0 Å². The lowest BCUT2D eigenvalue weighted by Crippen LogP contribution is -2.16. The number of amides is 1. The Labute approximate surface area is 136 Å². The first-order valence-corrected chi connectivity index (χ1v) is 7.92. The van der Waals surface area contributed by atoms with Crippen LogP contribution in [0.1, 0.15) is 54.3 Å². The van der Waals surface area contributed by atoms with E-state index in [4.69, 9.17) is 5.26 Å². The molecular weight excluding hydrogens is 288 g/mol. The van der Waals surface area contributed by atoms with Gasteiger partial charge in [0, 0.05) is 11.4 Å². The van der Waals surface area contributed by atoms with Gasteiger partial charge in [-0.05, 0) is 31.4 Å². The molecule has 1 aromatic heterocycles. The average molecular weight is 310 g/mol. The molecule has 5 heteroatoms. The summed E-state index contributed by atoms with van der Waals surface area (Å²) >= 11 is 0. The zero-order valence-electron chi connectivity index (χ0n) is 13.8. The predicted octanol–water partition coefficient (Wildman–Crippen LogP) is 3.87. The van der Waals surface area contributed by atoms with E-state index in [1.54, 1.807) is 6.20 Å². The van der Waals surface area contributed by atoms with E-state index in [-0.39, 0.29) is 12.3 Å². The second kappa shape index (κ2) is 7.59. The van der Waals surface area contributed by atoms with E-state index >= 15 is 0 Å². The van der Waals surface area contributed by atoms with Crippen molar-refractivity contribution < 1.29 is 4.79 Å². The Bertz CT molecular complexity index is 723. The molecule has 2 aromatic rings. The van der Waals surface area contributed by atoms with Crippen LogP contribution in [0.15, 0.2) is 30.5 Å². The first kappa shape index (κ1) is 16.8. The van der Waals surface area contributed by atoms with Crippen molar-refractivity contribution in [3.05, 3.63) is 47.3 Å². The topological polar surface area (TPSA) is 70.7 Å². The molecule has 0 saturated carbocycles. The Hall–Kier alpha value is -2.61. The van der Waals surface area contributed by atoms with E-state index in [0.717, 1.165) is 24.1 Å². The van der Waals surface area contributed by atoms with Gasteiger partial charge in [-0.1, -0.05) is 32.0 Å². The van der Waals surface area contributed by atoms with Gasteiger partial charge in [-0.2, -0.15) is 10.4 Å². The van der Waals surface area contributed by atoms with Gasteiger partial charge >= 0.3 is 0 Å². The molecule has 5 nitrogen and oxygen atoms in total. The Balaban J connectivity index is 2.24. The maximum absolute atomic E-state index is 12.6. The Morgan fingerprint density at radius 2 is 2.04 bits per heavy atom. The zero-order chi connectivity index (χ0) is 16.8. The second-order valence-corrected chi connectivity index (χ2v) is 5.50. The molecule has 0 bridgehead atoms. The zero-order valence-corrected chi connectivity index (χ0v) is 13.8. The molecule has 0 aliphatic carbocycles. The molecule has 0 unspecified atom stereocenters. The summed E-state index contributed by atoms with van der Waals surface area (Å²) in [6, 6.07) is 9.78. The van der Waals surface area contributed by atoms with Crippen LogP contribution in [0.5, 0.6) is 0 Å². The summed E-state index contributed by atoms with van der Waals surface area (Å²) < 4.78 is 1.93. The van der Waals surface area contributed by atoms with Gasteiger partial charge in [-0.15, -0.1) is 0 Å². The number of anilines is 1. The van der Waals surface area contributed by atoms with E-state index in [1.165, 1.54) is 0 Å². The molecule has 0 saturated heterocycles.